The molecule has 29 heavy (non-hydrogen) atoms. The Labute approximate surface area is 168 Å². The lowest BCUT2D eigenvalue weighted by molar-refractivity contribution is -0.122. The molecule has 1 aliphatic carbocycles. The zero-order valence-corrected chi connectivity index (χ0v) is 16.7. The van der Waals surface area contributed by atoms with Gasteiger partial charge in [0.05, 0.1) is 19.7 Å². The van der Waals surface area contributed by atoms with Crippen LogP contribution in [0.3, 0.4) is 0 Å². The van der Waals surface area contributed by atoms with E-state index in [0.717, 1.165) is 12.8 Å². The van der Waals surface area contributed by atoms with Crippen molar-refractivity contribution in [3.8, 4) is 5.88 Å². The van der Waals surface area contributed by atoms with Crippen LogP contribution < -0.4 is 15.4 Å². The van der Waals surface area contributed by atoms with E-state index in [2.05, 4.69) is 4.98 Å². The van der Waals surface area contributed by atoms with Crippen molar-refractivity contribution in [1.82, 2.24) is 9.88 Å². The molecule has 3 aliphatic rings. The van der Waals surface area contributed by atoms with Crippen LogP contribution in [0, 0.1) is 5.92 Å². The Morgan fingerprint density at radius 1 is 1.24 bits per heavy atom. The molecule has 3 heterocycles. The van der Waals surface area contributed by atoms with Gasteiger partial charge in [-0.2, -0.15) is 0 Å². The summed E-state index contributed by atoms with van der Waals surface area (Å²) in [5.74, 6) is -3.05. The van der Waals surface area contributed by atoms with Gasteiger partial charge in [-0.1, -0.05) is 0 Å². The van der Waals surface area contributed by atoms with Gasteiger partial charge < -0.3 is 20.3 Å². The third-order valence-corrected chi connectivity index (χ3v) is 5.94. The van der Waals surface area contributed by atoms with E-state index >= 15 is 0 Å². The number of rotatable bonds is 6. The largest absolute Gasteiger partial charge is 0.476 e. The summed E-state index contributed by atoms with van der Waals surface area (Å²) >= 11 is 0. The second-order valence-corrected chi connectivity index (χ2v) is 8.93. The first kappa shape index (κ1) is 19.8. The van der Waals surface area contributed by atoms with Gasteiger partial charge in [0.25, 0.3) is 11.8 Å². The molecule has 9 heteroatoms. The minimum absolute atomic E-state index is 0.119. The Kier molecular flexibility index (Phi) is 4.66. The second kappa shape index (κ2) is 6.81. The van der Waals surface area contributed by atoms with E-state index in [0.29, 0.717) is 31.1 Å². The molecule has 2 aliphatic heterocycles. The molecule has 0 radical (unpaired) electrons. The molecule has 2 N–H and O–H groups in total. The van der Waals surface area contributed by atoms with Crippen LogP contribution in [-0.4, -0.2) is 58.9 Å². The van der Waals surface area contributed by atoms with Crippen LogP contribution in [0.25, 0.3) is 0 Å². The molecule has 1 atom stereocenters. The highest BCUT2D eigenvalue weighted by atomic mass is 19.3. The highest BCUT2D eigenvalue weighted by Crippen LogP contribution is 2.39. The van der Waals surface area contributed by atoms with Crippen LogP contribution in [-0.2, 0) is 4.79 Å². The van der Waals surface area contributed by atoms with Crippen LogP contribution in [0.2, 0.25) is 0 Å². The SMILES string of the molecule is CC1(C)CC[C@@H](C(N)=O)N1C(=O)c1ccc(N2CC(F)(F)C2)c(OCC2CC2)n1. The average molecular weight is 408 g/mol. The predicted molar refractivity (Wildman–Crippen MR) is 102 cm³/mol. The number of pyridine rings is 1. The minimum atomic E-state index is -2.73. The lowest BCUT2D eigenvalue weighted by Gasteiger charge is -2.40. The Hall–Kier alpha value is -2.45. The smallest absolute Gasteiger partial charge is 0.282 e. The summed E-state index contributed by atoms with van der Waals surface area (Å²) in [7, 11) is 0. The first-order valence-corrected chi connectivity index (χ1v) is 9.97. The predicted octanol–water partition coefficient (Wildman–Crippen LogP) is 2.19. The number of halogens is 2. The van der Waals surface area contributed by atoms with Gasteiger partial charge in [0.15, 0.2) is 0 Å². The van der Waals surface area contributed by atoms with Gasteiger partial charge in [-0.3, -0.25) is 9.59 Å². The Bertz CT molecular complexity index is 833. The van der Waals surface area contributed by atoms with Gasteiger partial charge in [0, 0.05) is 5.54 Å². The van der Waals surface area contributed by atoms with E-state index in [9.17, 15) is 18.4 Å². The van der Waals surface area contributed by atoms with Crippen LogP contribution in [0.15, 0.2) is 12.1 Å². The third kappa shape index (κ3) is 3.86. The topological polar surface area (TPSA) is 88.8 Å². The maximum Gasteiger partial charge on any atom is 0.282 e. The Morgan fingerprint density at radius 2 is 1.93 bits per heavy atom. The molecule has 2 amide bonds. The summed E-state index contributed by atoms with van der Waals surface area (Å²) in [6, 6.07) is 2.41. The van der Waals surface area contributed by atoms with E-state index in [1.54, 1.807) is 6.07 Å². The number of anilines is 1. The summed E-state index contributed by atoms with van der Waals surface area (Å²) in [6.45, 7) is 3.42. The number of hydrogen-bond acceptors (Lipinski definition) is 5. The van der Waals surface area contributed by atoms with Gasteiger partial charge in [-0.15, -0.1) is 0 Å². The maximum absolute atomic E-state index is 13.3. The van der Waals surface area contributed by atoms with Crippen molar-refractivity contribution in [2.24, 2.45) is 11.7 Å². The van der Waals surface area contributed by atoms with E-state index in [1.165, 1.54) is 15.9 Å². The number of likely N-dealkylation sites (tertiary alicyclic amines) is 1. The lowest BCUT2D eigenvalue weighted by Crippen LogP contribution is -2.56. The Morgan fingerprint density at radius 3 is 2.52 bits per heavy atom. The van der Waals surface area contributed by atoms with Crippen molar-refractivity contribution >= 4 is 17.5 Å². The summed E-state index contributed by atoms with van der Waals surface area (Å²) in [5, 5.41) is 0. The first-order valence-electron chi connectivity index (χ1n) is 9.97. The minimum Gasteiger partial charge on any atom is -0.476 e. The zero-order chi connectivity index (χ0) is 21.0. The van der Waals surface area contributed by atoms with E-state index in [1.807, 2.05) is 13.8 Å². The highest BCUT2D eigenvalue weighted by molar-refractivity contribution is 5.97. The number of aromatic nitrogens is 1. The standard InChI is InChI=1S/C20H26F2N4O3/c1-19(2)8-7-14(16(23)27)26(19)18(28)13-5-6-15(25-10-20(21,22)11-25)17(24-13)29-9-12-3-4-12/h5-6,12,14H,3-4,7-11H2,1-2H3,(H2,23,27)/t14-/m0/s1. The summed E-state index contributed by atoms with van der Waals surface area (Å²) in [6.07, 6.45) is 3.29. The second-order valence-electron chi connectivity index (χ2n) is 8.93. The van der Waals surface area contributed by atoms with Crippen LogP contribution in [0.1, 0.15) is 50.0 Å². The van der Waals surface area contributed by atoms with Gasteiger partial charge >= 0.3 is 0 Å². The third-order valence-electron chi connectivity index (χ3n) is 5.94. The molecule has 158 valence electrons. The van der Waals surface area contributed by atoms with Crippen LogP contribution in [0.5, 0.6) is 5.88 Å². The zero-order valence-electron chi connectivity index (χ0n) is 16.7. The molecule has 2 saturated heterocycles. The van der Waals surface area contributed by atoms with Crippen molar-refractivity contribution in [3.63, 3.8) is 0 Å². The number of primary amides is 1. The van der Waals surface area contributed by atoms with Crippen molar-refractivity contribution < 1.29 is 23.1 Å². The maximum atomic E-state index is 13.3. The number of nitrogens with two attached hydrogens (primary N) is 1. The van der Waals surface area contributed by atoms with E-state index < -0.39 is 42.4 Å². The average Bonchev–Trinajstić information content (AvgIpc) is 3.39. The van der Waals surface area contributed by atoms with Crippen LogP contribution >= 0.6 is 0 Å². The number of carbonyl (C=O) groups excluding carboxylic acids is 2. The monoisotopic (exact) mass is 408 g/mol. The molecule has 1 aromatic heterocycles. The summed E-state index contributed by atoms with van der Waals surface area (Å²) in [4.78, 5) is 32.4. The van der Waals surface area contributed by atoms with Crippen molar-refractivity contribution in [3.05, 3.63) is 17.8 Å². The van der Waals surface area contributed by atoms with Gasteiger partial charge in [-0.25, -0.2) is 13.8 Å². The summed E-state index contributed by atoms with van der Waals surface area (Å²) in [5.41, 5.74) is 5.54. The number of hydrogen-bond donors (Lipinski definition) is 1. The molecule has 1 aromatic rings. The van der Waals surface area contributed by atoms with Crippen molar-refractivity contribution in [2.75, 3.05) is 24.6 Å². The van der Waals surface area contributed by atoms with Crippen molar-refractivity contribution in [1.29, 1.82) is 0 Å². The molecular weight excluding hydrogens is 382 g/mol. The van der Waals surface area contributed by atoms with Gasteiger partial charge in [0.1, 0.15) is 17.4 Å². The molecule has 0 aromatic carbocycles. The van der Waals surface area contributed by atoms with E-state index in [4.69, 9.17) is 10.5 Å². The van der Waals surface area contributed by atoms with Gasteiger partial charge in [-0.05, 0) is 57.6 Å². The molecule has 0 spiro atoms. The van der Waals surface area contributed by atoms with Gasteiger partial charge in [0.2, 0.25) is 11.8 Å². The fourth-order valence-corrected chi connectivity index (χ4v) is 4.03. The highest BCUT2D eigenvalue weighted by Gasteiger charge is 2.47. The number of carbonyl (C=O) groups is 2. The Balaban J connectivity index is 1.62. The summed E-state index contributed by atoms with van der Waals surface area (Å²) < 4.78 is 32.5. The molecule has 7 nitrogen and oxygen atoms in total. The number of alkyl halides is 2. The molecule has 4 rings (SSSR count). The molecule has 1 saturated carbocycles. The molecular formula is C20H26F2N4O3. The van der Waals surface area contributed by atoms with E-state index in [-0.39, 0.29) is 11.6 Å². The molecule has 0 unspecified atom stereocenters. The number of nitrogens with zero attached hydrogens (tertiary/aromatic N) is 3. The number of ether oxygens (including phenoxy) is 1. The fourth-order valence-electron chi connectivity index (χ4n) is 4.03. The normalized spacial score (nSPS) is 24.9. The van der Waals surface area contributed by atoms with Crippen LogP contribution in [0.4, 0.5) is 14.5 Å². The lowest BCUT2D eigenvalue weighted by atomic mass is 10.0. The molecule has 0 bridgehead atoms. The molecule has 3 fully saturated rings. The number of amides is 2. The van der Waals surface area contributed by atoms with Crippen molar-refractivity contribution in [2.45, 2.75) is 57.0 Å². The fraction of sp³-hybridized carbons (Fsp3) is 0.650. The first-order chi connectivity index (χ1) is 13.6. The quantitative estimate of drug-likeness (QED) is 0.780.